The van der Waals surface area contributed by atoms with Gasteiger partial charge in [-0.3, -0.25) is 0 Å². The minimum atomic E-state index is -0.548. The zero-order chi connectivity index (χ0) is 7.28. The molecule has 0 bridgehead atoms. The van der Waals surface area contributed by atoms with Gasteiger partial charge in [0, 0.05) is 0 Å². The van der Waals surface area contributed by atoms with E-state index in [9.17, 15) is 4.79 Å². The van der Waals surface area contributed by atoms with Gasteiger partial charge in [0.25, 0.3) is 0 Å². The molecule has 0 heterocycles. The van der Waals surface area contributed by atoms with Crippen molar-refractivity contribution in [3.8, 4) is 0 Å². The number of carbonyl (C=O) groups is 1. The van der Waals surface area contributed by atoms with Crippen LogP contribution in [0, 0.1) is 0 Å². The SMILES string of the molecule is CC=C=C(C)C(=O)ON. The Balaban J connectivity index is 4.21. The molecule has 0 saturated heterocycles. The summed E-state index contributed by atoms with van der Waals surface area (Å²) in [7, 11) is 0. The molecule has 0 rings (SSSR count). The summed E-state index contributed by atoms with van der Waals surface area (Å²) >= 11 is 0. The van der Waals surface area contributed by atoms with Gasteiger partial charge in [0.2, 0.25) is 0 Å². The van der Waals surface area contributed by atoms with Crippen molar-refractivity contribution in [3.63, 3.8) is 0 Å². The van der Waals surface area contributed by atoms with E-state index in [1.54, 1.807) is 19.9 Å². The number of hydrogen-bond donors (Lipinski definition) is 1. The Morgan fingerprint density at radius 3 is 2.67 bits per heavy atom. The van der Waals surface area contributed by atoms with Crippen molar-refractivity contribution in [2.75, 3.05) is 0 Å². The van der Waals surface area contributed by atoms with Crippen LogP contribution in [0.5, 0.6) is 0 Å². The van der Waals surface area contributed by atoms with E-state index in [-0.39, 0.29) is 0 Å². The summed E-state index contributed by atoms with van der Waals surface area (Å²) in [5.41, 5.74) is 3.01. The van der Waals surface area contributed by atoms with E-state index in [0.717, 1.165) is 0 Å². The first-order chi connectivity index (χ1) is 4.22. The lowest BCUT2D eigenvalue weighted by Crippen LogP contribution is -2.09. The monoisotopic (exact) mass is 127 g/mol. The maximum absolute atomic E-state index is 10.4. The standard InChI is InChI=1S/C6H9NO2/c1-3-4-5(2)6(8)9-7/h3H,7H2,1-2H3. The Morgan fingerprint density at radius 1 is 1.78 bits per heavy atom. The third-order valence-corrected chi connectivity index (χ3v) is 0.774. The summed E-state index contributed by atoms with van der Waals surface area (Å²) in [6.45, 7) is 3.34. The number of rotatable bonds is 1. The van der Waals surface area contributed by atoms with Gasteiger partial charge in [-0.2, -0.15) is 5.90 Å². The molecule has 0 radical (unpaired) electrons. The van der Waals surface area contributed by atoms with Crippen molar-refractivity contribution in [3.05, 3.63) is 17.4 Å². The lowest BCUT2D eigenvalue weighted by atomic mass is 10.3. The molecule has 0 aromatic carbocycles. The van der Waals surface area contributed by atoms with Crippen LogP contribution < -0.4 is 5.90 Å². The van der Waals surface area contributed by atoms with E-state index in [0.29, 0.717) is 5.57 Å². The summed E-state index contributed by atoms with van der Waals surface area (Å²) in [4.78, 5) is 14.3. The molecule has 0 aromatic heterocycles. The first-order valence-electron chi connectivity index (χ1n) is 2.51. The third kappa shape index (κ3) is 2.69. The van der Waals surface area contributed by atoms with Crippen LogP contribution in [-0.2, 0) is 9.63 Å². The van der Waals surface area contributed by atoms with Crippen molar-refractivity contribution in [1.29, 1.82) is 0 Å². The molecule has 3 nitrogen and oxygen atoms in total. The van der Waals surface area contributed by atoms with Gasteiger partial charge < -0.3 is 4.84 Å². The van der Waals surface area contributed by atoms with Gasteiger partial charge in [-0.1, -0.05) is 0 Å². The van der Waals surface area contributed by atoms with E-state index in [1.807, 2.05) is 0 Å². The molecule has 0 spiro atoms. The quantitative estimate of drug-likeness (QED) is 0.317. The first-order valence-corrected chi connectivity index (χ1v) is 2.51. The van der Waals surface area contributed by atoms with E-state index >= 15 is 0 Å². The Bertz CT molecular complexity index is 166. The largest absolute Gasteiger partial charge is 0.369 e. The van der Waals surface area contributed by atoms with Crippen LogP contribution in [0.15, 0.2) is 17.4 Å². The molecular weight excluding hydrogens is 118 g/mol. The van der Waals surface area contributed by atoms with Crippen molar-refractivity contribution < 1.29 is 9.63 Å². The van der Waals surface area contributed by atoms with Crippen LogP contribution in [0.2, 0.25) is 0 Å². The summed E-state index contributed by atoms with van der Waals surface area (Å²) in [5, 5.41) is 0. The van der Waals surface area contributed by atoms with Gasteiger partial charge in [-0.05, 0) is 19.9 Å². The van der Waals surface area contributed by atoms with Gasteiger partial charge in [-0.25, -0.2) is 4.79 Å². The second-order valence-corrected chi connectivity index (χ2v) is 1.46. The second kappa shape index (κ2) is 3.89. The molecule has 0 aromatic rings. The Morgan fingerprint density at radius 2 is 2.33 bits per heavy atom. The fourth-order valence-corrected chi connectivity index (χ4v) is 0.364. The third-order valence-electron chi connectivity index (χ3n) is 0.774. The number of carbonyl (C=O) groups excluding carboxylic acids is 1. The van der Waals surface area contributed by atoms with E-state index in [4.69, 9.17) is 0 Å². The molecule has 0 aliphatic heterocycles. The Labute approximate surface area is 53.8 Å². The number of hydrogen-bond acceptors (Lipinski definition) is 3. The topological polar surface area (TPSA) is 52.3 Å². The predicted octanol–water partition coefficient (Wildman–Crippen LogP) is 0.525. The number of nitrogens with two attached hydrogens (primary N) is 1. The van der Waals surface area contributed by atoms with Crippen LogP contribution in [-0.4, -0.2) is 5.97 Å². The summed E-state index contributed by atoms with van der Waals surface area (Å²) in [6, 6.07) is 0. The highest BCUT2D eigenvalue weighted by atomic mass is 16.7. The van der Waals surface area contributed by atoms with Gasteiger partial charge in [-0.15, -0.1) is 5.73 Å². The molecule has 0 fully saturated rings. The maximum Gasteiger partial charge on any atom is 0.360 e. The molecule has 3 heteroatoms. The molecule has 50 valence electrons. The maximum atomic E-state index is 10.4. The van der Waals surface area contributed by atoms with Crippen molar-refractivity contribution >= 4 is 5.97 Å². The first kappa shape index (κ1) is 7.95. The van der Waals surface area contributed by atoms with Crippen LogP contribution >= 0.6 is 0 Å². The lowest BCUT2D eigenvalue weighted by Gasteiger charge is -1.90. The summed E-state index contributed by atoms with van der Waals surface area (Å²) in [5.74, 6) is 4.03. The predicted molar refractivity (Wildman–Crippen MR) is 33.2 cm³/mol. The van der Waals surface area contributed by atoms with Crippen molar-refractivity contribution in [1.82, 2.24) is 0 Å². The zero-order valence-corrected chi connectivity index (χ0v) is 5.47. The van der Waals surface area contributed by atoms with Crippen LogP contribution in [0.25, 0.3) is 0 Å². The van der Waals surface area contributed by atoms with E-state index in [2.05, 4.69) is 16.5 Å². The lowest BCUT2D eigenvalue weighted by molar-refractivity contribution is -0.139. The van der Waals surface area contributed by atoms with Crippen LogP contribution in [0.1, 0.15) is 13.8 Å². The molecule has 2 N–H and O–H groups in total. The minimum absolute atomic E-state index is 0.375. The molecule has 0 atom stereocenters. The van der Waals surface area contributed by atoms with E-state index < -0.39 is 5.97 Å². The van der Waals surface area contributed by atoms with Crippen LogP contribution in [0.4, 0.5) is 0 Å². The molecular formula is C6H9NO2. The summed E-state index contributed by atoms with van der Waals surface area (Å²) in [6.07, 6.45) is 1.62. The normalized spacial score (nSPS) is 7.44. The van der Waals surface area contributed by atoms with Crippen LogP contribution in [0.3, 0.4) is 0 Å². The van der Waals surface area contributed by atoms with Crippen molar-refractivity contribution in [2.45, 2.75) is 13.8 Å². The Kier molecular flexibility index (Phi) is 3.44. The molecule has 0 amide bonds. The second-order valence-electron chi connectivity index (χ2n) is 1.46. The highest BCUT2D eigenvalue weighted by Crippen LogP contribution is 1.89. The average Bonchev–Trinajstić information content (AvgIpc) is 1.87. The van der Waals surface area contributed by atoms with Gasteiger partial charge in [0.05, 0.1) is 5.57 Å². The molecule has 0 unspecified atom stereocenters. The van der Waals surface area contributed by atoms with Gasteiger partial charge in [0.1, 0.15) is 0 Å². The van der Waals surface area contributed by atoms with Crippen molar-refractivity contribution in [2.24, 2.45) is 5.90 Å². The molecule has 0 aliphatic carbocycles. The fourth-order valence-electron chi connectivity index (χ4n) is 0.364. The van der Waals surface area contributed by atoms with E-state index in [1.165, 1.54) is 0 Å². The van der Waals surface area contributed by atoms with Gasteiger partial charge in [0.15, 0.2) is 0 Å². The Hall–Kier alpha value is -1.05. The highest BCUT2D eigenvalue weighted by molar-refractivity contribution is 5.87. The van der Waals surface area contributed by atoms with Gasteiger partial charge >= 0.3 is 5.97 Å². The summed E-state index contributed by atoms with van der Waals surface area (Å²) < 4.78 is 0. The molecule has 0 saturated carbocycles. The highest BCUT2D eigenvalue weighted by Gasteiger charge is 1.99. The smallest absolute Gasteiger partial charge is 0.360 e. The molecule has 9 heavy (non-hydrogen) atoms. The molecule has 0 aliphatic rings. The zero-order valence-electron chi connectivity index (χ0n) is 5.47. The minimum Gasteiger partial charge on any atom is -0.369 e. The average molecular weight is 127 g/mol. The fraction of sp³-hybridized carbons (Fsp3) is 0.333.